The highest BCUT2D eigenvalue weighted by molar-refractivity contribution is 5.23. The van der Waals surface area contributed by atoms with Gasteiger partial charge in [-0.1, -0.05) is 13.8 Å². The van der Waals surface area contributed by atoms with E-state index in [2.05, 4.69) is 37.1 Å². The van der Waals surface area contributed by atoms with Crippen molar-refractivity contribution in [2.45, 2.75) is 58.6 Å². The Balaban J connectivity index is 1.96. The van der Waals surface area contributed by atoms with Gasteiger partial charge < -0.3 is 10.1 Å². The Labute approximate surface area is 116 Å². The van der Waals surface area contributed by atoms with Gasteiger partial charge in [0.1, 0.15) is 6.10 Å². The number of hydrogen-bond acceptors (Lipinski definition) is 3. The molecule has 1 unspecified atom stereocenters. The molecular weight excluding hydrogens is 236 g/mol. The molecular formula is C16H26N2O. The fourth-order valence-electron chi connectivity index (χ4n) is 2.59. The molecule has 0 saturated heterocycles. The lowest BCUT2D eigenvalue weighted by Crippen LogP contribution is -2.28. The van der Waals surface area contributed by atoms with Crippen LogP contribution in [0.25, 0.3) is 0 Å². The largest absolute Gasteiger partial charge is 0.474 e. The molecule has 1 atom stereocenters. The molecule has 1 N–H and O–H groups in total. The molecule has 1 aromatic heterocycles. The summed E-state index contributed by atoms with van der Waals surface area (Å²) in [7, 11) is 1.97. The Morgan fingerprint density at radius 3 is 2.68 bits per heavy atom. The minimum atomic E-state index is 0.329. The quantitative estimate of drug-likeness (QED) is 0.898. The van der Waals surface area contributed by atoms with Crippen LogP contribution in [0.5, 0.6) is 5.88 Å². The highest BCUT2D eigenvalue weighted by Crippen LogP contribution is 2.36. The molecule has 1 heterocycles. The third kappa shape index (κ3) is 3.93. The summed E-state index contributed by atoms with van der Waals surface area (Å²) in [4.78, 5) is 4.34. The molecule has 0 bridgehead atoms. The highest BCUT2D eigenvalue weighted by atomic mass is 16.5. The molecule has 1 aliphatic rings. The lowest BCUT2D eigenvalue weighted by molar-refractivity contribution is 0.0948. The molecule has 0 aromatic carbocycles. The summed E-state index contributed by atoms with van der Waals surface area (Å²) in [6.07, 6.45) is 6.93. The van der Waals surface area contributed by atoms with Gasteiger partial charge in [-0.25, -0.2) is 4.98 Å². The highest BCUT2D eigenvalue weighted by Gasteiger charge is 2.28. The van der Waals surface area contributed by atoms with Crippen LogP contribution in [0.4, 0.5) is 0 Å². The standard InChI is InChI=1S/C16H26N2O/c1-12(17-4)13-7-10-18-15(11-13)19-14-5-8-16(2,3)9-6-14/h7,10-12,14,17H,5-6,8-9H2,1-4H3. The maximum atomic E-state index is 6.05. The van der Waals surface area contributed by atoms with E-state index in [-0.39, 0.29) is 0 Å². The van der Waals surface area contributed by atoms with Crippen molar-refractivity contribution in [3.05, 3.63) is 23.9 Å². The number of aromatic nitrogens is 1. The molecule has 1 aliphatic carbocycles. The average molecular weight is 262 g/mol. The zero-order valence-electron chi connectivity index (χ0n) is 12.6. The van der Waals surface area contributed by atoms with Crippen molar-refractivity contribution < 1.29 is 4.74 Å². The van der Waals surface area contributed by atoms with Crippen LogP contribution >= 0.6 is 0 Å². The van der Waals surface area contributed by atoms with E-state index >= 15 is 0 Å². The topological polar surface area (TPSA) is 34.2 Å². The van der Waals surface area contributed by atoms with Crippen molar-refractivity contribution >= 4 is 0 Å². The fourth-order valence-corrected chi connectivity index (χ4v) is 2.59. The first kappa shape index (κ1) is 14.3. The van der Waals surface area contributed by atoms with Crippen LogP contribution in [0.2, 0.25) is 0 Å². The molecule has 2 rings (SSSR count). The second kappa shape index (κ2) is 5.91. The van der Waals surface area contributed by atoms with Gasteiger partial charge in [0, 0.05) is 18.3 Å². The Hall–Kier alpha value is -1.09. The first-order valence-electron chi connectivity index (χ1n) is 7.30. The average Bonchev–Trinajstić information content (AvgIpc) is 2.41. The Kier molecular flexibility index (Phi) is 4.46. The smallest absolute Gasteiger partial charge is 0.213 e. The van der Waals surface area contributed by atoms with Crippen LogP contribution in [0.1, 0.15) is 58.1 Å². The number of nitrogens with zero attached hydrogens (tertiary/aromatic N) is 1. The van der Waals surface area contributed by atoms with E-state index in [0.29, 0.717) is 17.6 Å². The van der Waals surface area contributed by atoms with E-state index in [1.54, 1.807) is 0 Å². The Morgan fingerprint density at radius 2 is 2.05 bits per heavy atom. The van der Waals surface area contributed by atoms with Gasteiger partial charge >= 0.3 is 0 Å². The van der Waals surface area contributed by atoms with Gasteiger partial charge in [0.15, 0.2) is 0 Å². The molecule has 0 amide bonds. The fraction of sp³-hybridized carbons (Fsp3) is 0.688. The summed E-state index contributed by atoms with van der Waals surface area (Å²) in [6.45, 7) is 6.83. The first-order valence-corrected chi connectivity index (χ1v) is 7.30. The molecule has 1 aromatic rings. The van der Waals surface area contributed by atoms with E-state index < -0.39 is 0 Å². The van der Waals surface area contributed by atoms with E-state index in [9.17, 15) is 0 Å². The zero-order valence-corrected chi connectivity index (χ0v) is 12.6. The summed E-state index contributed by atoms with van der Waals surface area (Å²) in [5, 5.41) is 3.24. The third-order valence-corrected chi connectivity index (χ3v) is 4.27. The van der Waals surface area contributed by atoms with E-state index in [0.717, 1.165) is 18.7 Å². The van der Waals surface area contributed by atoms with Gasteiger partial charge in [0.05, 0.1) is 0 Å². The van der Waals surface area contributed by atoms with Gasteiger partial charge in [-0.3, -0.25) is 0 Å². The molecule has 3 heteroatoms. The Bertz CT molecular complexity index is 407. The molecule has 0 aliphatic heterocycles. The number of nitrogens with one attached hydrogen (secondary N) is 1. The molecule has 0 radical (unpaired) electrons. The summed E-state index contributed by atoms with van der Waals surface area (Å²) >= 11 is 0. The summed E-state index contributed by atoms with van der Waals surface area (Å²) in [6, 6.07) is 4.43. The number of rotatable bonds is 4. The van der Waals surface area contributed by atoms with Crippen LogP contribution in [0.3, 0.4) is 0 Å². The van der Waals surface area contributed by atoms with Gasteiger partial charge in [0.25, 0.3) is 0 Å². The molecule has 19 heavy (non-hydrogen) atoms. The first-order chi connectivity index (χ1) is 9.00. The van der Waals surface area contributed by atoms with Crippen molar-refractivity contribution in [2.75, 3.05) is 7.05 Å². The maximum Gasteiger partial charge on any atom is 0.213 e. The monoisotopic (exact) mass is 262 g/mol. The van der Waals surface area contributed by atoms with Crippen LogP contribution in [-0.4, -0.2) is 18.1 Å². The van der Waals surface area contributed by atoms with Crippen LogP contribution in [0, 0.1) is 5.41 Å². The third-order valence-electron chi connectivity index (χ3n) is 4.27. The zero-order chi connectivity index (χ0) is 13.9. The molecule has 0 spiro atoms. The molecule has 106 valence electrons. The predicted molar refractivity (Wildman–Crippen MR) is 78.4 cm³/mol. The minimum absolute atomic E-state index is 0.329. The second-order valence-electron chi connectivity index (χ2n) is 6.42. The van der Waals surface area contributed by atoms with Crippen LogP contribution < -0.4 is 10.1 Å². The summed E-state index contributed by atoms with van der Waals surface area (Å²) < 4.78 is 6.05. The van der Waals surface area contributed by atoms with Gasteiger partial charge in [-0.15, -0.1) is 0 Å². The van der Waals surface area contributed by atoms with Crippen molar-refractivity contribution in [1.82, 2.24) is 10.3 Å². The normalized spacial score (nSPS) is 21.1. The van der Waals surface area contributed by atoms with Crippen LogP contribution in [-0.2, 0) is 0 Å². The van der Waals surface area contributed by atoms with Gasteiger partial charge in [0.2, 0.25) is 5.88 Å². The lowest BCUT2D eigenvalue weighted by Gasteiger charge is -2.34. The van der Waals surface area contributed by atoms with Crippen LogP contribution in [0.15, 0.2) is 18.3 Å². The van der Waals surface area contributed by atoms with Gasteiger partial charge in [-0.2, -0.15) is 0 Å². The Morgan fingerprint density at radius 1 is 1.37 bits per heavy atom. The van der Waals surface area contributed by atoms with Crippen molar-refractivity contribution in [3.8, 4) is 5.88 Å². The molecule has 3 nitrogen and oxygen atoms in total. The SMILES string of the molecule is CNC(C)c1ccnc(OC2CCC(C)(C)CC2)c1. The van der Waals surface area contributed by atoms with E-state index in [1.807, 2.05) is 19.3 Å². The summed E-state index contributed by atoms with van der Waals surface area (Å²) in [5.41, 5.74) is 1.71. The van der Waals surface area contributed by atoms with E-state index in [1.165, 1.54) is 18.4 Å². The predicted octanol–water partition coefficient (Wildman–Crippen LogP) is 3.71. The minimum Gasteiger partial charge on any atom is -0.474 e. The molecule has 1 saturated carbocycles. The number of ether oxygens (including phenoxy) is 1. The maximum absolute atomic E-state index is 6.05. The van der Waals surface area contributed by atoms with Crippen molar-refractivity contribution in [1.29, 1.82) is 0 Å². The molecule has 1 fully saturated rings. The van der Waals surface area contributed by atoms with E-state index in [4.69, 9.17) is 4.74 Å². The van der Waals surface area contributed by atoms with Gasteiger partial charge in [-0.05, 0) is 56.7 Å². The van der Waals surface area contributed by atoms with Crippen molar-refractivity contribution in [3.63, 3.8) is 0 Å². The lowest BCUT2D eigenvalue weighted by atomic mass is 9.76. The second-order valence-corrected chi connectivity index (χ2v) is 6.42. The number of hydrogen-bond donors (Lipinski definition) is 1. The summed E-state index contributed by atoms with van der Waals surface area (Å²) in [5.74, 6) is 0.768. The number of pyridine rings is 1. The van der Waals surface area contributed by atoms with Crippen molar-refractivity contribution in [2.24, 2.45) is 5.41 Å².